The lowest BCUT2D eigenvalue weighted by Crippen LogP contribution is -2.18. The third-order valence-corrected chi connectivity index (χ3v) is 2.48. The average molecular weight is 316 g/mol. The topological polar surface area (TPSA) is 33.6 Å². The van der Waals surface area contributed by atoms with Crippen LogP contribution in [0.15, 0.2) is 47.6 Å². The maximum atomic E-state index is 13.8. The summed E-state index contributed by atoms with van der Waals surface area (Å²) in [6.07, 6.45) is -4.34. The highest BCUT2D eigenvalue weighted by Gasteiger charge is 2.33. The molecule has 0 aromatic heterocycles. The molecule has 0 atom stereocenters. The number of hydrazone groups is 1. The number of hydrogen-bond acceptors (Lipinski definition) is 3. The number of nitrogens with one attached hydrogen (secondary N) is 1. The van der Waals surface area contributed by atoms with E-state index in [2.05, 4.69) is 15.3 Å². The highest BCUT2D eigenvalue weighted by Crippen LogP contribution is 2.28. The molecule has 0 aliphatic carbocycles. The van der Waals surface area contributed by atoms with Gasteiger partial charge in [0.25, 0.3) is 0 Å². The molecule has 0 amide bonds. The number of para-hydroxylation sites is 1. The zero-order chi connectivity index (χ0) is 16.2. The minimum Gasteiger partial charge on any atom is -0.403 e. The van der Waals surface area contributed by atoms with E-state index in [9.17, 15) is 22.0 Å². The summed E-state index contributed by atoms with van der Waals surface area (Å²) in [5.41, 5.74) is 2.29. The van der Waals surface area contributed by atoms with Crippen LogP contribution in [-0.2, 0) is 0 Å². The van der Waals surface area contributed by atoms with E-state index in [-0.39, 0.29) is 0 Å². The van der Waals surface area contributed by atoms with Crippen molar-refractivity contribution < 1.29 is 26.7 Å². The standard InChI is InChI=1S/C14H9F5N2O/c15-11-6-7-12(22-14(17,18)19)13(16)10(11)8-20-21-9-4-2-1-3-5-9/h1-8,21H. The molecule has 2 aromatic carbocycles. The summed E-state index contributed by atoms with van der Waals surface area (Å²) >= 11 is 0. The molecule has 0 radical (unpaired) electrons. The van der Waals surface area contributed by atoms with Gasteiger partial charge in [-0.3, -0.25) is 5.43 Å². The van der Waals surface area contributed by atoms with Crippen molar-refractivity contribution in [2.24, 2.45) is 5.10 Å². The van der Waals surface area contributed by atoms with Gasteiger partial charge in [-0.05, 0) is 24.3 Å². The van der Waals surface area contributed by atoms with Crippen molar-refractivity contribution in [2.75, 3.05) is 5.43 Å². The molecule has 3 nitrogen and oxygen atoms in total. The third-order valence-electron chi connectivity index (χ3n) is 2.48. The van der Waals surface area contributed by atoms with E-state index < -0.39 is 29.3 Å². The van der Waals surface area contributed by atoms with E-state index >= 15 is 0 Å². The summed E-state index contributed by atoms with van der Waals surface area (Å²) in [6.45, 7) is 0. The lowest BCUT2D eigenvalue weighted by molar-refractivity contribution is -0.275. The predicted octanol–water partition coefficient (Wildman–Crippen LogP) is 4.31. The second-order valence-corrected chi connectivity index (χ2v) is 4.06. The van der Waals surface area contributed by atoms with Gasteiger partial charge in [0.2, 0.25) is 0 Å². The largest absolute Gasteiger partial charge is 0.573 e. The van der Waals surface area contributed by atoms with Crippen molar-refractivity contribution in [1.29, 1.82) is 0 Å². The van der Waals surface area contributed by atoms with E-state index in [1.807, 2.05) is 0 Å². The molecule has 2 aromatic rings. The van der Waals surface area contributed by atoms with Crippen molar-refractivity contribution >= 4 is 11.9 Å². The molecule has 0 unspecified atom stereocenters. The molecule has 1 N–H and O–H groups in total. The Labute approximate surface area is 122 Å². The summed E-state index contributed by atoms with van der Waals surface area (Å²) in [7, 11) is 0. The Morgan fingerprint density at radius 3 is 2.32 bits per heavy atom. The molecule has 0 aliphatic heterocycles. The Balaban J connectivity index is 2.21. The van der Waals surface area contributed by atoms with Gasteiger partial charge >= 0.3 is 6.36 Å². The third kappa shape index (κ3) is 4.18. The first-order chi connectivity index (χ1) is 10.4. The summed E-state index contributed by atoms with van der Waals surface area (Å²) < 4.78 is 67.1. The molecule has 0 saturated heterocycles. The van der Waals surface area contributed by atoms with Crippen molar-refractivity contribution in [3.63, 3.8) is 0 Å². The molecule has 0 aliphatic rings. The average Bonchev–Trinajstić information content (AvgIpc) is 2.45. The molecule has 8 heteroatoms. The lowest BCUT2D eigenvalue weighted by Gasteiger charge is -2.11. The zero-order valence-corrected chi connectivity index (χ0v) is 10.9. The fourth-order valence-electron chi connectivity index (χ4n) is 1.56. The Kier molecular flexibility index (Phi) is 4.59. The molecule has 0 fully saturated rings. The molecular formula is C14H9F5N2O. The molecule has 0 spiro atoms. The van der Waals surface area contributed by atoms with Gasteiger partial charge in [-0.15, -0.1) is 13.2 Å². The van der Waals surface area contributed by atoms with E-state index in [1.165, 1.54) is 0 Å². The summed E-state index contributed by atoms with van der Waals surface area (Å²) in [5.74, 6) is -3.68. The molecule has 0 heterocycles. The zero-order valence-electron chi connectivity index (χ0n) is 10.9. The molecule has 0 bridgehead atoms. The van der Waals surface area contributed by atoms with Crippen LogP contribution in [0.1, 0.15) is 5.56 Å². The van der Waals surface area contributed by atoms with Crippen molar-refractivity contribution in [3.05, 3.63) is 59.7 Å². The van der Waals surface area contributed by atoms with Crippen LogP contribution < -0.4 is 10.2 Å². The van der Waals surface area contributed by atoms with Gasteiger partial charge in [0.1, 0.15) is 5.82 Å². The van der Waals surface area contributed by atoms with Crippen LogP contribution in [0.3, 0.4) is 0 Å². The molecule has 0 saturated carbocycles. The van der Waals surface area contributed by atoms with E-state index in [0.717, 1.165) is 6.21 Å². The first-order valence-electron chi connectivity index (χ1n) is 5.95. The van der Waals surface area contributed by atoms with Crippen molar-refractivity contribution in [3.8, 4) is 5.75 Å². The second kappa shape index (κ2) is 6.42. The quantitative estimate of drug-likeness (QED) is 0.518. The van der Waals surface area contributed by atoms with Crippen molar-refractivity contribution in [2.45, 2.75) is 6.36 Å². The Hall–Kier alpha value is -2.64. The summed E-state index contributed by atoms with van der Waals surface area (Å²) in [6, 6.07) is 9.68. The summed E-state index contributed by atoms with van der Waals surface area (Å²) in [5, 5.41) is 3.58. The lowest BCUT2D eigenvalue weighted by atomic mass is 10.2. The Morgan fingerprint density at radius 1 is 1.00 bits per heavy atom. The molecular weight excluding hydrogens is 307 g/mol. The van der Waals surface area contributed by atoms with Gasteiger partial charge in [0.15, 0.2) is 11.6 Å². The normalized spacial score (nSPS) is 11.7. The number of rotatable bonds is 4. The summed E-state index contributed by atoms with van der Waals surface area (Å²) in [4.78, 5) is 0. The minimum absolute atomic E-state index is 0.544. The van der Waals surface area contributed by atoms with Crippen LogP contribution in [0.2, 0.25) is 0 Å². The van der Waals surface area contributed by atoms with Gasteiger partial charge in [-0.2, -0.15) is 5.10 Å². The van der Waals surface area contributed by atoms with E-state index in [0.29, 0.717) is 17.8 Å². The fraction of sp³-hybridized carbons (Fsp3) is 0.0714. The predicted molar refractivity (Wildman–Crippen MR) is 70.7 cm³/mol. The molecule has 22 heavy (non-hydrogen) atoms. The van der Waals surface area contributed by atoms with Crippen LogP contribution in [0.4, 0.5) is 27.6 Å². The first-order valence-corrected chi connectivity index (χ1v) is 5.95. The maximum Gasteiger partial charge on any atom is 0.573 e. The van der Waals surface area contributed by atoms with Crippen LogP contribution in [0.5, 0.6) is 5.75 Å². The van der Waals surface area contributed by atoms with E-state index in [4.69, 9.17) is 0 Å². The van der Waals surface area contributed by atoms with Crippen LogP contribution in [0.25, 0.3) is 0 Å². The van der Waals surface area contributed by atoms with Gasteiger partial charge in [0.05, 0.1) is 17.5 Å². The van der Waals surface area contributed by atoms with Gasteiger partial charge in [0, 0.05) is 0 Å². The van der Waals surface area contributed by atoms with Crippen LogP contribution in [0, 0.1) is 11.6 Å². The smallest absolute Gasteiger partial charge is 0.403 e. The second-order valence-electron chi connectivity index (χ2n) is 4.06. The fourth-order valence-corrected chi connectivity index (χ4v) is 1.56. The number of halogens is 5. The van der Waals surface area contributed by atoms with Gasteiger partial charge in [-0.1, -0.05) is 18.2 Å². The Morgan fingerprint density at radius 2 is 1.68 bits per heavy atom. The number of alkyl halides is 3. The van der Waals surface area contributed by atoms with Crippen molar-refractivity contribution in [1.82, 2.24) is 0 Å². The maximum absolute atomic E-state index is 13.8. The van der Waals surface area contributed by atoms with Crippen LogP contribution in [-0.4, -0.2) is 12.6 Å². The SMILES string of the molecule is Fc1ccc(OC(F)(F)F)c(F)c1C=NNc1ccccc1. The number of nitrogens with zero attached hydrogens (tertiary/aromatic N) is 1. The number of anilines is 1. The number of benzene rings is 2. The number of hydrogen-bond donors (Lipinski definition) is 1. The first kappa shape index (κ1) is 15.7. The molecule has 116 valence electrons. The number of ether oxygens (including phenoxy) is 1. The minimum atomic E-state index is -5.07. The highest BCUT2D eigenvalue weighted by atomic mass is 19.4. The van der Waals surface area contributed by atoms with E-state index in [1.54, 1.807) is 30.3 Å². The molecule has 2 rings (SSSR count). The Bertz CT molecular complexity index is 671. The van der Waals surface area contributed by atoms with Gasteiger partial charge < -0.3 is 4.74 Å². The van der Waals surface area contributed by atoms with Crippen LogP contribution >= 0.6 is 0 Å². The monoisotopic (exact) mass is 316 g/mol. The highest BCUT2D eigenvalue weighted by molar-refractivity contribution is 5.81. The van der Waals surface area contributed by atoms with Gasteiger partial charge in [-0.25, -0.2) is 8.78 Å².